The third kappa shape index (κ3) is 4.72. The second kappa shape index (κ2) is 8.89. The van der Waals surface area contributed by atoms with Gasteiger partial charge in [-0.15, -0.1) is 13.2 Å². The van der Waals surface area contributed by atoms with E-state index >= 15 is 0 Å². The Morgan fingerprint density at radius 1 is 1.12 bits per heavy atom. The highest BCUT2D eigenvalue weighted by atomic mass is 19.4. The maximum Gasteiger partial charge on any atom is 0.573 e. The molecular formula is C26H28F3N3O2. The molecule has 0 aliphatic carbocycles. The predicted octanol–water partition coefficient (Wildman–Crippen LogP) is 5.24. The van der Waals surface area contributed by atoms with Gasteiger partial charge in [-0.2, -0.15) is 0 Å². The van der Waals surface area contributed by atoms with Crippen LogP contribution in [-0.2, 0) is 13.1 Å². The number of hydrogen-bond donors (Lipinski definition) is 0. The number of ether oxygens (including phenoxy) is 1. The summed E-state index contributed by atoms with van der Waals surface area (Å²) in [6.45, 7) is 5.86. The Morgan fingerprint density at radius 2 is 1.91 bits per heavy atom. The van der Waals surface area contributed by atoms with Gasteiger partial charge in [-0.3, -0.25) is 4.79 Å². The van der Waals surface area contributed by atoms with Gasteiger partial charge in [-0.25, -0.2) is 0 Å². The number of hydrogen-bond acceptors (Lipinski definition) is 4. The van der Waals surface area contributed by atoms with E-state index < -0.39 is 6.36 Å². The summed E-state index contributed by atoms with van der Waals surface area (Å²) in [5.74, 6) is -0.300. The lowest BCUT2D eigenvalue weighted by atomic mass is 10.0. The van der Waals surface area contributed by atoms with Crippen LogP contribution in [0.15, 0.2) is 48.7 Å². The number of rotatable bonds is 4. The maximum absolute atomic E-state index is 13.1. The molecule has 0 bridgehead atoms. The highest BCUT2D eigenvalue weighted by Gasteiger charge is 2.32. The first kappa shape index (κ1) is 22.6. The minimum Gasteiger partial charge on any atom is -0.406 e. The Balaban J connectivity index is 1.31. The lowest BCUT2D eigenvalue weighted by Crippen LogP contribution is -2.39. The molecule has 0 N–H and O–H groups in total. The lowest BCUT2D eigenvalue weighted by molar-refractivity contribution is -0.274. The number of allylic oxidation sites excluding steroid dienone is 1. The smallest absolute Gasteiger partial charge is 0.406 e. The molecule has 180 valence electrons. The van der Waals surface area contributed by atoms with E-state index in [-0.39, 0.29) is 11.7 Å². The summed E-state index contributed by atoms with van der Waals surface area (Å²) < 4.78 is 41.1. The number of aryl methyl sites for hydroxylation is 1. The van der Waals surface area contributed by atoms with Crippen LogP contribution in [0.2, 0.25) is 0 Å². The minimum atomic E-state index is -4.72. The molecule has 1 fully saturated rings. The molecule has 3 aliphatic rings. The zero-order valence-corrected chi connectivity index (χ0v) is 19.1. The van der Waals surface area contributed by atoms with Crippen LogP contribution in [0.25, 0.3) is 0 Å². The highest BCUT2D eigenvalue weighted by Crippen LogP contribution is 2.33. The molecule has 0 spiro atoms. The zero-order valence-electron chi connectivity index (χ0n) is 19.1. The molecule has 0 radical (unpaired) electrons. The predicted molar refractivity (Wildman–Crippen MR) is 124 cm³/mol. The third-order valence-corrected chi connectivity index (χ3v) is 6.87. The number of halogens is 3. The van der Waals surface area contributed by atoms with Crippen LogP contribution in [0.4, 0.5) is 18.9 Å². The Morgan fingerprint density at radius 3 is 2.68 bits per heavy atom. The van der Waals surface area contributed by atoms with Crippen molar-refractivity contribution in [3.63, 3.8) is 0 Å². The van der Waals surface area contributed by atoms with Gasteiger partial charge >= 0.3 is 6.36 Å². The first-order valence-corrected chi connectivity index (χ1v) is 11.7. The minimum absolute atomic E-state index is 0.0332. The summed E-state index contributed by atoms with van der Waals surface area (Å²) in [5, 5.41) is 0. The van der Waals surface area contributed by atoms with Crippen LogP contribution in [0.1, 0.15) is 46.3 Å². The van der Waals surface area contributed by atoms with E-state index in [9.17, 15) is 18.0 Å². The van der Waals surface area contributed by atoms with Crippen molar-refractivity contribution in [3.8, 4) is 5.75 Å². The number of benzene rings is 2. The number of nitrogens with zero attached hydrogens (tertiary/aromatic N) is 3. The monoisotopic (exact) mass is 471 g/mol. The molecular weight excluding hydrogens is 443 g/mol. The van der Waals surface area contributed by atoms with E-state index in [4.69, 9.17) is 0 Å². The van der Waals surface area contributed by atoms with Crippen molar-refractivity contribution in [1.29, 1.82) is 0 Å². The summed E-state index contributed by atoms with van der Waals surface area (Å²) in [6, 6.07) is 10.5. The number of anilines is 1. The molecule has 5 rings (SSSR count). The van der Waals surface area contributed by atoms with E-state index in [0.717, 1.165) is 66.8 Å². The summed E-state index contributed by atoms with van der Waals surface area (Å²) >= 11 is 0. The van der Waals surface area contributed by atoms with Crippen molar-refractivity contribution < 1.29 is 22.7 Å². The zero-order chi connectivity index (χ0) is 23.9. The first-order chi connectivity index (χ1) is 16.3. The summed E-state index contributed by atoms with van der Waals surface area (Å²) in [7, 11) is 0. The Bertz CT molecular complexity index is 1100. The van der Waals surface area contributed by atoms with Crippen molar-refractivity contribution in [2.45, 2.75) is 51.7 Å². The molecule has 8 heteroatoms. The second-order valence-electron chi connectivity index (χ2n) is 9.30. The Kier molecular flexibility index (Phi) is 5.91. The molecule has 1 amide bonds. The van der Waals surface area contributed by atoms with Gasteiger partial charge in [0.05, 0.1) is 0 Å². The van der Waals surface area contributed by atoms with Crippen molar-refractivity contribution in [1.82, 2.24) is 9.80 Å². The molecule has 5 nitrogen and oxygen atoms in total. The molecule has 2 aromatic rings. The van der Waals surface area contributed by atoms with Crippen LogP contribution in [0.3, 0.4) is 0 Å². The van der Waals surface area contributed by atoms with Crippen LogP contribution in [0.5, 0.6) is 5.75 Å². The van der Waals surface area contributed by atoms with Crippen molar-refractivity contribution >= 4 is 11.6 Å². The molecule has 0 saturated carbocycles. The van der Waals surface area contributed by atoms with E-state index in [0.29, 0.717) is 19.1 Å². The third-order valence-electron chi connectivity index (χ3n) is 6.87. The largest absolute Gasteiger partial charge is 0.573 e. The molecule has 3 heterocycles. The fourth-order valence-electron chi connectivity index (χ4n) is 5.30. The molecule has 1 saturated heterocycles. The lowest BCUT2D eigenvalue weighted by Gasteiger charge is -2.34. The average molecular weight is 472 g/mol. The van der Waals surface area contributed by atoms with Crippen LogP contribution in [-0.4, -0.2) is 47.7 Å². The Hall–Kier alpha value is -3.16. The summed E-state index contributed by atoms with van der Waals surface area (Å²) in [5.41, 5.74) is 4.65. The van der Waals surface area contributed by atoms with Gasteiger partial charge in [-0.05, 0) is 73.3 Å². The van der Waals surface area contributed by atoms with E-state index in [2.05, 4.69) is 38.9 Å². The van der Waals surface area contributed by atoms with E-state index in [1.54, 1.807) is 17.0 Å². The number of amides is 1. The number of carbonyl (C=O) groups is 1. The van der Waals surface area contributed by atoms with Crippen molar-refractivity contribution in [2.24, 2.45) is 0 Å². The van der Waals surface area contributed by atoms with Gasteiger partial charge in [0.15, 0.2) is 0 Å². The maximum atomic E-state index is 13.1. The molecule has 34 heavy (non-hydrogen) atoms. The van der Waals surface area contributed by atoms with Gasteiger partial charge in [-0.1, -0.05) is 18.2 Å². The molecule has 3 aliphatic heterocycles. The van der Waals surface area contributed by atoms with Crippen LogP contribution < -0.4 is 9.64 Å². The molecule has 1 atom stereocenters. The van der Waals surface area contributed by atoms with Gasteiger partial charge < -0.3 is 19.4 Å². The number of alkyl halides is 3. The first-order valence-electron chi connectivity index (χ1n) is 11.7. The SMILES string of the molecule is Cc1cc(N2CCCN3C=CCCC3C2)cc2c1C(=O)N(Cc1ccc(OC(F)(F)F)cc1)C2. The summed E-state index contributed by atoms with van der Waals surface area (Å²) in [6.07, 6.45) is 3.15. The quantitative estimate of drug-likeness (QED) is 0.611. The number of carbonyl (C=O) groups excluding carboxylic acids is 1. The van der Waals surface area contributed by atoms with Crippen LogP contribution in [0, 0.1) is 6.92 Å². The molecule has 1 unspecified atom stereocenters. The Labute approximate surface area is 197 Å². The standard InChI is InChI=1S/C26H28F3N3O2/c1-18-13-22(31-12-4-11-30-10-3-2-5-21(30)17-31)14-20-16-32(25(33)24(18)20)15-19-6-8-23(9-7-19)34-26(27,28)29/h3,6-10,13-14,21H,2,4-5,11-12,15-17H2,1H3. The van der Waals surface area contributed by atoms with Gasteiger partial charge in [0.1, 0.15) is 5.75 Å². The van der Waals surface area contributed by atoms with Gasteiger partial charge in [0, 0.05) is 50.0 Å². The van der Waals surface area contributed by atoms with Crippen LogP contribution >= 0.6 is 0 Å². The number of fused-ring (bicyclic) bond motifs is 2. The average Bonchev–Trinajstić information content (AvgIpc) is 2.96. The van der Waals surface area contributed by atoms with E-state index in [1.807, 2.05) is 6.92 Å². The fraction of sp³-hybridized carbons (Fsp3) is 0.423. The summed E-state index contributed by atoms with van der Waals surface area (Å²) in [4.78, 5) is 19.8. The highest BCUT2D eigenvalue weighted by molar-refractivity contribution is 6.00. The molecule has 2 aromatic carbocycles. The second-order valence-corrected chi connectivity index (χ2v) is 9.30. The molecule has 0 aromatic heterocycles. The van der Waals surface area contributed by atoms with Gasteiger partial charge in [0.25, 0.3) is 5.91 Å². The normalized spacial score (nSPS) is 20.3. The van der Waals surface area contributed by atoms with E-state index in [1.165, 1.54) is 12.1 Å². The van der Waals surface area contributed by atoms with Crippen molar-refractivity contribution in [2.75, 3.05) is 24.5 Å². The fourth-order valence-corrected chi connectivity index (χ4v) is 5.30. The van der Waals surface area contributed by atoms with Crippen molar-refractivity contribution in [3.05, 3.63) is 70.9 Å². The van der Waals surface area contributed by atoms with Gasteiger partial charge in [0.2, 0.25) is 0 Å². The topological polar surface area (TPSA) is 36.0 Å².